The van der Waals surface area contributed by atoms with E-state index in [1.807, 2.05) is 51.1 Å². The van der Waals surface area contributed by atoms with E-state index in [1.54, 1.807) is 4.90 Å². The maximum atomic E-state index is 12.8. The molecular formula is C18H20N2O3. The first-order chi connectivity index (χ1) is 10.8. The number of benzene rings is 2. The lowest BCUT2D eigenvalue weighted by Gasteiger charge is -2.36. The van der Waals surface area contributed by atoms with Crippen LogP contribution < -0.4 is 0 Å². The predicted molar refractivity (Wildman–Crippen MR) is 89.2 cm³/mol. The smallest absolute Gasteiger partial charge is 0.269 e. The van der Waals surface area contributed by atoms with Crippen molar-refractivity contribution in [3.8, 4) is 0 Å². The van der Waals surface area contributed by atoms with E-state index >= 15 is 0 Å². The molecule has 0 unspecified atom stereocenters. The van der Waals surface area contributed by atoms with Gasteiger partial charge in [-0.15, -0.1) is 0 Å². The molecule has 0 spiro atoms. The molecule has 0 aliphatic heterocycles. The van der Waals surface area contributed by atoms with Crippen LogP contribution >= 0.6 is 0 Å². The van der Waals surface area contributed by atoms with Gasteiger partial charge < -0.3 is 4.90 Å². The molecule has 0 saturated carbocycles. The van der Waals surface area contributed by atoms with Crippen LogP contribution in [0.1, 0.15) is 36.7 Å². The Kier molecular flexibility index (Phi) is 4.79. The van der Waals surface area contributed by atoms with Crippen LogP contribution in [0, 0.1) is 10.1 Å². The highest BCUT2D eigenvalue weighted by molar-refractivity contribution is 5.94. The molecule has 2 rings (SSSR count). The lowest BCUT2D eigenvalue weighted by atomic mass is 10.0. The van der Waals surface area contributed by atoms with Crippen molar-refractivity contribution in [1.82, 2.24) is 4.90 Å². The molecular weight excluding hydrogens is 292 g/mol. The largest absolute Gasteiger partial charge is 0.329 e. The van der Waals surface area contributed by atoms with E-state index in [0.717, 1.165) is 5.56 Å². The van der Waals surface area contributed by atoms with E-state index in [0.29, 0.717) is 12.1 Å². The standard InChI is InChI=1S/C18H20N2O3/c1-18(2,3)19(13-14-7-5-4-6-8-14)17(21)15-9-11-16(12-10-15)20(22)23/h4-12H,13H2,1-3H3. The zero-order valence-corrected chi connectivity index (χ0v) is 13.5. The molecule has 120 valence electrons. The van der Waals surface area contributed by atoms with Gasteiger partial charge in [0.25, 0.3) is 11.6 Å². The first-order valence-corrected chi connectivity index (χ1v) is 7.39. The molecule has 0 fully saturated rings. The topological polar surface area (TPSA) is 63.5 Å². The molecule has 0 N–H and O–H groups in total. The predicted octanol–water partition coefficient (Wildman–Crippen LogP) is 4.04. The second-order valence-corrected chi connectivity index (χ2v) is 6.35. The summed E-state index contributed by atoms with van der Waals surface area (Å²) in [5.41, 5.74) is 1.10. The van der Waals surface area contributed by atoms with Gasteiger partial charge in [0.2, 0.25) is 0 Å². The number of nitrogens with zero attached hydrogens (tertiary/aromatic N) is 2. The van der Waals surface area contributed by atoms with Crippen LogP contribution in [0.3, 0.4) is 0 Å². The fourth-order valence-electron chi connectivity index (χ4n) is 2.26. The maximum Gasteiger partial charge on any atom is 0.269 e. The van der Waals surface area contributed by atoms with E-state index in [1.165, 1.54) is 24.3 Å². The van der Waals surface area contributed by atoms with Crippen LogP contribution in [0.4, 0.5) is 5.69 Å². The van der Waals surface area contributed by atoms with Crippen LogP contribution in [-0.2, 0) is 6.54 Å². The highest BCUT2D eigenvalue weighted by atomic mass is 16.6. The minimum absolute atomic E-state index is 0.0214. The zero-order valence-electron chi connectivity index (χ0n) is 13.5. The van der Waals surface area contributed by atoms with Crippen LogP contribution in [0.2, 0.25) is 0 Å². The monoisotopic (exact) mass is 312 g/mol. The van der Waals surface area contributed by atoms with Crippen LogP contribution in [0.25, 0.3) is 0 Å². The van der Waals surface area contributed by atoms with E-state index in [2.05, 4.69) is 0 Å². The summed E-state index contributed by atoms with van der Waals surface area (Å²) in [6, 6.07) is 15.5. The quantitative estimate of drug-likeness (QED) is 0.632. The summed E-state index contributed by atoms with van der Waals surface area (Å²) in [4.78, 5) is 24.9. The summed E-state index contributed by atoms with van der Waals surface area (Å²) in [7, 11) is 0. The molecule has 0 saturated heterocycles. The Labute approximate surface area is 135 Å². The van der Waals surface area contributed by atoms with Gasteiger partial charge in [0.15, 0.2) is 0 Å². The number of hydrogen-bond donors (Lipinski definition) is 0. The first-order valence-electron chi connectivity index (χ1n) is 7.39. The van der Waals surface area contributed by atoms with Crippen molar-refractivity contribution in [3.05, 3.63) is 75.8 Å². The third-order valence-electron chi connectivity index (χ3n) is 3.56. The Morgan fingerprint density at radius 1 is 1.04 bits per heavy atom. The average molecular weight is 312 g/mol. The molecule has 0 radical (unpaired) electrons. The van der Waals surface area contributed by atoms with Crippen molar-refractivity contribution < 1.29 is 9.72 Å². The van der Waals surface area contributed by atoms with Gasteiger partial charge in [0.05, 0.1) is 4.92 Å². The number of hydrogen-bond acceptors (Lipinski definition) is 3. The fourth-order valence-corrected chi connectivity index (χ4v) is 2.26. The minimum Gasteiger partial charge on any atom is -0.329 e. The number of nitro benzene ring substituents is 1. The molecule has 2 aromatic rings. The summed E-state index contributed by atoms with van der Waals surface area (Å²) in [6.45, 7) is 6.40. The molecule has 0 bridgehead atoms. The zero-order chi connectivity index (χ0) is 17.0. The van der Waals surface area contributed by atoms with E-state index < -0.39 is 4.92 Å². The lowest BCUT2D eigenvalue weighted by molar-refractivity contribution is -0.384. The molecule has 0 aliphatic rings. The number of nitro groups is 1. The average Bonchev–Trinajstić information content (AvgIpc) is 2.52. The van der Waals surface area contributed by atoms with Gasteiger partial charge in [-0.1, -0.05) is 30.3 Å². The van der Waals surface area contributed by atoms with Crippen molar-refractivity contribution in [2.75, 3.05) is 0 Å². The summed E-state index contributed by atoms with van der Waals surface area (Å²) in [5, 5.41) is 10.7. The van der Waals surface area contributed by atoms with Crippen molar-refractivity contribution in [2.45, 2.75) is 32.9 Å². The van der Waals surface area contributed by atoms with Gasteiger partial charge in [-0.25, -0.2) is 0 Å². The van der Waals surface area contributed by atoms with Gasteiger partial charge >= 0.3 is 0 Å². The lowest BCUT2D eigenvalue weighted by Crippen LogP contribution is -2.45. The van der Waals surface area contributed by atoms with Gasteiger partial charge in [0, 0.05) is 29.8 Å². The van der Waals surface area contributed by atoms with Crippen molar-refractivity contribution in [2.24, 2.45) is 0 Å². The van der Waals surface area contributed by atoms with E-state index in [9.17, 15) is 14.9 Å². The third-order valence-corrected chi connectivity index (χ3v) is 3.56. The molecule has 0 heterocycles. The Morgan fingerprint density at radius 2 is 1.61 bits per heavy atom. The second-order valence-electron chi connectivity index (χ2n) is 6.35. The first kappa shape index (κ1) is 16.7. The van der Waals surface area contributed by atoms with Crippen LogP contribution in [0.15, 0.2) is 54.6 Å². The Bertz CT molecular complexity index is 688. The van der Waals surface area contributed by atoms with Crippen molar-refractivity contribution in [1.29, 1.82) is 0 Å². The second kappa shape index (κ2) is 6.60. The number of carbonyl (C=O) groups is 1. The summed E-state index contributed by atoms with van der Waals surface area (Å²) < 4.78 is 0. The molecule has 2 aromatic carbocycles. The maximum absolute atomic E-state index is 12.8. The summed E-state index contributed by atoms with van der Waals surface area (Å²) >= 11 is 0. The molecule has 0 aliphatic carbocycles. The number of amides is 1. The molecule has 0 aromatic heterocycles. The van der Waals surface area contributed by atoms with Gasteiger partial charge in [0.1, 0.15) is 0 Å². The number of rotatable bonds is 4. The Hall–Kier alpha value is -2.69. The highest BCUT2D eigenvalue weighted by Crippen LogP contribution is 2.22. The molecule has 5 heteroatoms. The van der Waals surface area contributed by atoms with Crippen molar-refractivity contribution in [3.63, 3.8) is 0 Å². The highest BCUT2D eigenvalue weighted by Gasteiger charge is 2.27. The Balaban J connectivity index is 2.28. The van der Waals surface area contributed by atoms with Crippen molar-refractivity contribution >= 4 is 11.6 Å². The SMILES string of the molecule is CC(C)(C)N(Cc1ccccc1)C(=O)c1ccc([N+](=O)[O-])cc1. The minimum atomic E-state index is -0.472. The summed E-state index contributed by atoms with van der Waals surface area (Å²) in [6.07, 6.45) is 0. The molecule has 1 amide bonds. The Morgan fingerprint density at radius 3 is 2.09 bits per heavy atom. The van der Waals surface area contributed by atoms with Gasteiger partial charge in [-0.2, -0.15) is 0 Å². The third kappa shape index (κ3) is 4.16. The van der Waals surface area contributed by atoms with Gasteiger partial charge in [-0.3, -0.25) is 14.9 Å². The fraction of sp³-hybridized carbons (Fsp3) is 0.278. The van der Waals surface area contributed by atoms with Gasteiger partial charge in [-0.05, 0) is 38.5 Å². The number of carbonyl (C=O) groups excluding carboxylic acids is 1. The summed E-state index contributed by atoms with van der Waals surface area (Å²) in [5.74, 6) is -0.142. The molecule has 23 heavy (non-hydrogen) atoms. The van der Waals surface area contributed by atoms with Crippen LogP contribution in [0.5, 0.6) is 0 Å². The number of non-ortho nitro benzene ring substituents is 1. The normalized spacial score (nSPS) is 11.1. The molecule has 5 nitrogen and oxygen atoms in total. The van der Waals surface area contributed by atoms with E-state index in [4.69, 9.17) is 0 Å². The molecule has 0 atom stereocenters. The van der Waals surface area contributed by atoms with Crippen LogP contribution in [-0.4, -0.2) is 21.3 Å². The van der Waals surface area contributed by atoms with E-state index in [-0.39, 0.29) is 17.1 Å².